The Bertz CT molecular complexity index is 1730. The fraction of sp³-hybridized carbons (Fsp3) is 0.379. The van der Waals surface area contributed by atoms with Crippen LogP contribution in [0.5, 0.6) is 5.88 Å². The number of carbonyl (C=O) groups excluding carboxylic acids is 1. The van der Waals surface area contributed by atoms with E-state index in [-0.39, 0.29) is 41.4 Å². The van der Waals surface area contributed by atoms with E-state index in [0.29, 0.717) is 0 Å². The summed E-state index contributed by atoms with van der Waals surface area (Å²) in [4.78, 5) is 22.4. The molecule has 1 saturated heterocycles. The first-order chi connectivity index (χ1) is 21.5. The summed E-state index contributed by atoms with van der Waals surface area (Å²) in [5.41, 5.74) is 0.165. The highest BCUT2D eigenvalue weighted by Crippen LogP contribution is 2.43. The Labute approximate surface area is 257 Å². The lowest BCUT2D eigenvalue weighted by molar-refractivity contribution is -0.272. The Morgan fingerprint density at radius 1 is 1.13 bits per heavy atom. The van der Waals surface area contributed by atoms with Crippen LogP contribution in [0, 0.1) is 0 Å². The predicted octanol–water partition coefficient (Wildman–Crippen LogP) is 4.38. The molecule has 4 atom stereocenters. The number of hydrogen-bond donors (Lipinski definition) is 3. The molecule has 2 unspecified atom stereocenters. The van der Waals surface area contributed by atoms with Gasteiger partial charge in [0.05, 0.1) is 24.4 Å². The van der Waals surface area contributed by atoms with E-state index >= 15 is 4.39 Å². The molecule has 1 aromatic carbocycles. The number of ether oxygens (including phenoxy) is 1. The molecule has 5 rings (SSSR count). The Morgan fingerprint density at radius 2 is 1.83 bits per heavy atom. The van der Waals surface area contributed by atoms with Gasteiger partial charge in [-0.05, 0) is 24.6 Å². The van der Waals surface area contributed by atoms with Crippen LogP contribution in [0.1, 0.15) is 34.8 Å². The predicted molar refractivity (Wildman–Crippen MR) is 150 cm³/mol. The van der Waals surface area contributed by atoms with E-state index in [1.54, 1.807) is 0 Å². The number of nitrogen functional groups attached to an aromatic ring is 1. The number of pyridine rings is 1. The molecule has 0 saturated carbocycles. The number of amides is 1. The third-order valence-electron chi connectivity index (χ3n) is 8.00. The highest BCUT2D eigenvalue weighted by Gasteiger charge is 2.56. The van der Waals surface area contributed by atoms with Crippen molar-refractivity contribution >= 4 is 17.2 Å². The fourth-order valence-corrected chi connectivity index (χ4v) is 5.61. The van der Waals surface area contributed by atoms with Crippen LogP contribution in [0.3, 0.4) is 0 Å². The summed E-state index contributed by atoms with van der Waals surface area (Å²) in [7, 11) is 1.20. The number of alkyl halides is 7. The third kappa shape index (κ3) is 6.03. The van der Waals surface area contributed by atoms with Crippen molar-refractivity contribution < 1.29 is 45.4 Å². The fourth-order valence-electron chi connectivity index (χ4n) is 5.61. The van der Waals surface area contributed by atoms with Gasteiger partial charge in [0.1, 0.15) is 23.6 Å². The number of aromatic nitrogens is 4. The molecular formula is C29H28F7N7O3. The summed E-state index contributed by atoms with van der Waals surface area (Å²) >= 11 is 0. The number of hydrogen-bond acceptors (Lipinski definition) is 8. The molecular weight excluding hydrogens is 627 g/mol. The zero-order chi connectivity index (χ0) is 33.6. The number of anilines is 1. The smallest absolute Gasteiger partial charge is 0.421 e. The average Bonchev–Trinajstić information content (AvgIpc) is 3.58. The van der Waals surface area contributed by atoms with Gasteiger partial charge in [0.15, 0.2) is 11.4 Å². The molecule has 0 spiro atoms. The van der Waals surface area contributed by atoms with Gasteiger partial charge < -0.3 is 20.9 Å². The summed E-state index contributed by atoms with van der Waals surface area (Å²) < 4.78 is 105. The number of fused-ring (bicyclic) bond motifs is 1. The second kappa shape index (κ2) is 12.0. The van der Waals surface area contributed by atoms with Gasteiger partial charge in [-0.15, -0.1) is 0 Å². The van der Waals surface area contributed by atoms with Crippen molar-refractivity contribution in [3.63, 3.8) is 0 Å². The monoisotopic (exact) mass is 655 g/mol. The van der Waals surface area contributed by atoms with Crippen molar-refractivity contribution in [2.75, 3.05) is 25.9 Å². The molecule has 246 valence electrons. The molecule has 10 nitrogen and oxygen atoms in total. The maximum absolute atomic E-state index is 15.2. The lowest BCUT2D eigenvalue weighted by atomic mass is 9.86. The average molecular weight is 656 g/mol. The van der Waals surface area contributed by atoms with Crippen molar-refractivity contribution in [3.8, 4) is 17.1 Å². The van der Waals surface area contributed by atoms with Crippen LogP contribution in [0.4, 0.5) is 36.6 Å². The van der Waals surface area contributed by atoms with E-state index in [2.05, 4.69) is 20.4 Å². The van der Waals surface area contributed by atoms with Crippen LogP contribution in [0.2, 0.25) is 0 Å². The number of nitrogens with two attached hydrogens (primary N) is 1. The summed E-state index contributed by atoms with van der Waals surface area (Å²) in [5, 5.41) is 17.1. The Morgan fingerprint density at radius 3 is 2.46 bits per heavy atom. The van der Waals surface area contributed by atoms with Gasteiger partial charge in [-0.25, -0.2) is 18.9 Å². The van der Waals surface area contributed by atoms with E-state index in [1.165, 1.54) is 43.2 Å². The van der Waals surface area contributed by atoms with Gasteiger partial charge in [-0.2, -0.15) is 31.4 Å². The van der Waals surface area contributed by atoms with Gasteiger partial charge in [-0.1, -0.05) is 30.3 Å². The molecule has 0 aliphatic carbocycles. The van der Waals surface area contributed by atoms with Gasteiger partial charge in [0.2, 0.25) is 5.88 Å². The Balaban J connectivity index is 1.38. The van der Waals surface area contributed by atoms with E-state index in [9.17, 15) is 36.2 Å². The second-order valence-electron chi connectivity index (χ2n) is 11.0. The van der Waals surface area contributed by atoms with Crippen LogP contribution in [-0.2, 0) is 11.8 Å². The van der Waals surface area contributed by atoms with Crippen LogP contribution >= 0.6 is 0 Å². The number of halogens is 7. The lowest BCUT2D eigenvalue weighted by Crippen LogP contribution is -2.48. The molecule has 3 aromatic heterocycles. The molecule has 0 radical (unpaired) electrons. The maximum Gasteiger partial charge on any atom is 0.421 e. The quantitative estimate of drug-likeness (QED) is 0.239. The summed E-state index contributed by atoms with van der Waals surface area (Å²) in [5.74, 6) is -1.54. The number of nitrogens with zero attached hydrogens (tertiary/aromatic N) is 5. The van der Waals surface area contributed by atoms with E-state index in [4.69, 9.17) is 10.5 Å². The van der Waals surface area contributed by atoms with E-state index < -0.39 is 65.4 Å². The standard InChI is InChI=1S/C29H28F7N7O3/c1-15(10-27(45,29(34,35)36)17-6-4-3-5-7-17)42-12-20(30)21(13-42)41-25(44)18-8-16(11-38-26(18)46-2)22-9-19(28(31,32)33)23-24(37)39-14-40-43(22)23/h3-9,11,14-15,20-21,45H,10,12-13H2,1-2H3,(H,41,44)(H2,37,39,40)/t15?,20-,21+,27?/m0/s1. The van der Waals surface area contributed by atoms with Crippen molar-refractivity contribution in [2.45, 2.75) is 49.6 Å². The van der Waals surface area contributed by atoms with Gasteiger partial charge in [0, 0.05) is 37.3 Å². The highest BCUT2D eigenvalue weighted by atomic mass is 19.4. The van der Waals surface area contributed by atoms with Crippen LogP contribution in [0.25, 0.3) is 16.8 Å². The van der Waals surface area contributed by atoms with Crippen LogP contribution < -0.4 is 15.8 Å². The van der Waals surface area contributed by atoms with Gasteiger partial charge >= 0.3 is 12.4 Å². The molecule has 0 bridgehead atoms. The van der Waals surface area contributed by atoms with E-state index in [0.717, 1.165) is 35.2 Å². The summed E-state index contributed by atoms with van der Waals surface area (Å²) in [6.07, 6.45) is -10.2. The van der Waals surface area contributed by atoms with Crippen LogP contribution in [0.15, 0.2) is 55.0 Å². The number of likely N-dealkylation sites (tertiary alicyclic amines) is 1. The molecule has 17 heteroatoms. The zero-order valence-corrected chi connectivity index (χ0v) is 24.3. The molecule has 1 aliphatic rings. The summed E-state index contributed by atoms with van der Waals surface area (Å²) in [6.45, 7) is 0.892. The Kier molecular flexibility index (Phi) is 8.59. The first-order valence-electron chi connectivity index (χ1n) is 13.8. The number of benzene rings is 1. The number of rotatable bonds is 8. The molecule has 4 N–H and O–H groups in total. The molecule has 4 aromatic rings. The van der Waals surface area contributed by atoms with E-state index in [1.807, 2.05) is 0 Å². The van der Waals surface area contributed by atoms with Crippen molar-refractivity contribution in [1.82, 2.24) is 29.8 Å². The molecule has 4 heterocycles. The normalized spacial score (nSPS) is 19.6. The van der Waals surface area contributed by atoms with Crippen molar-refractivity contribution in [2.24, 2.45) is 0 Å². The second-order valence-corrected chi connectivity index (χ2v) is 11.0. The largest absolute Gasteiger partial charge is 0.480 e. The maximum atomic E-state index is 15.2. The Hall–Kier alpha value is -4.51. The first kappa shape index (κ1) is 32.9. The minimum absolute atomic E-state index is 0.0142. The topological polar surface area (TPSA) is 131 Å². The molecule has 1 aliphatic heterocycles. The third-order valence-corrected chi connectivity index (χ3v) is 8.00. The molecule has 1 amide bonds. The van der Waals surface area contributed by atoms with Gasteiger partial charge in [0.25, 0.3) is 5.91 Å². The molecule has 46 heavy (non-hydrogen) atoms. The summed E-state index contributed by atoms with van der Waals surface area (Å²) in [6, 6.07) is 6.37. The van der Waals surface area contributed by atoms with Crippen molar-refractivity contribution in [3.05, 3.63) is 71.7 Å². The minimum Gasteiger partial charge on any atom is -0.480 e. The number of carbonyl (C=O) groups is 1. The number of methoxy groups -OCH3 is 1. The zero-order valence-electron chi connectivity index (χ0n) is 24.3. The first-order valence-corrected chi connectivity index (χ1v) is 13.8. The number of nitrogens with one attached hydrogen (secondary N) is 1. The van der Waals surface area contributed by atoms with Crippen LogP contribution in [-0.4, -0.2) is 80.1 Å². The van der Waals surface area contributed by atoms with Crippen molar-refractivity contribution in [1.29, 1.82) is 0 Å². The molecule has 1 fully saturated rings. The number of aliphatic hydroxyl groups is 1. The van der Waals surface area contributed by atoms with Gasteiger partial charge in [-0.3, -0.25) is 9.69 Å². The SMILES string of the molecule is COc1ncc(-c2cc(C(F)(F)F)c3c(N)ncnn23)cc1C(=O)N[C@@H]1CN(C(C)CC(O)(c2ccccc2)C(F)(F)F)C[C@@H]1F. The highest BCUT2D eigenvalue weighted by molar-refractivity contribution is 5.98. The minimum atomic E-state index is -5.02. The lowest BCUT2D eigenvalue weighted by Gasteiger charge is -2.36.